The molecule has 0 aliphatic rings. The van der Waals surface area contributed by atoms with Gasteiger partial charge in [-0.2, -0.15) is 0 Å². The van der Waals surface area contributed by atoms with Crippen LogP contribution >= 0.6 is 12.4 Å². The average molecular weight is 365 g/mol. The monoisotopic (exact) mass is 364 g/mol. The molecule has 0 fully saturated rings. The number of sulfone groups is 1. The van der Waals surface area contributed by atoms with Crippen LogP contribution in [0.4, 0.5) is 0 Å². The van der Waals surface area contributed by atoms with Gasteiger partial charge < -0.3 is 15.8 Å². The van der Waals surface area contributed by atoms with Crippen LogP contribution in [0.5, 0.6) is 5.75 Å². The Morgan fingerprint density at radius 3 is 2.48 bits per heavy atom. The topological polar surface area (TPSA) is 98.5 Å². The fourth-order valence-corrected chi connectivity index (χ4v) is 2.39. The van der Waals surface area contributed by atoms with Crippen molar-refractivity contribution in [3.8, 4) is 5.75 Å². The summed E-state index contributed by atoms with van der Waals surface area (Å²) in [5.74, 6) is 0.374. The van der Waals surface area contributed by atoms with Crippen LogP contribution in [0.3, 0.4) is 0 Å². The molecule has 8 heteroatoms. The number of amides is 1. The lowest BCUT2D eigenvalue weighted by atomic mass is 10.2. The molecule has 1 aromatic rings. The molecule has 0 aliphatic heterocycles. The summed E-state index contributed by atoms with van der Waals surface area (Å²) in [6.07, 6.45) is 1.91. The lowest BCUT2D eigenvalue weighted by Crippen LogP contribution is -2.42. The minimum absolute atomic E-state index is 0. The van der Waals surface area contributed by atoms with E-state index in [1.54, 1.807) is 0 Å². The summed E-state index contributed by atoms with van der Waals surface area (Å²) in [4.78, 5) is 11.7. The molecule has 3 N–H and O–H groups in total. The molecule has 1 amide bonds. The van der Waals surface area contributed by atoms with Crippen molar-refractivity contribution in [3.05, 3.63) is 29.8 Å². The first kappa shape index (κ1) is 21.7. The molecule has 1 atom stereocenters. The molecule has 1 unspecified atom stereocenters. The zero-order valence-electron chi connectivity index (χ0n) is 13.4. The standard InChI is InChI=1S/C15H24N2O4S.ClH/c1-12-4-6-13(7-5-12)21-10-3-9-17-15(18)14(16)8-11-22(2,19)20;/h4-7,14H,3,8-11,16H2,1-2H3,(H,17,18);1H. The summed E-state index contributed by atoms with van der Waals surface area (Å²) in [5.41, 5.74) is 6.81. The average Bonchev–Trinajstić information content (AvgIpc) is 2.45. The highest BCUT2D eigenvalue weighted by Crippen LogP contribution is 2.11. The summed E-state index contributed by atoms with van der Waals surface area (Å²) >= 11 is 0. The van der Waals surface area contributed by atoms with Gasteiger partial charge in [-0.3, -0.25) is 4.79 Å². The molecule has 0 heterocycles. The molecule has 6 nitrogen and oxygen atoms in total. The van der Waals surface area contributed by atoms with Crippen LogP contribution in [0, 0.1) is 6.92 Å². The molecule has 0 aliphatic carbocycles. The Bertz CT molecular complexity index is 576. The zero-order valence-corrected chi connectivity index (χ0v) is 15.1. The van der Waals surface area contributed by atoms with Gasteiger partial charge in [-0.05, 0) is 31.9 Å². The maximum atomic E-state index is 11.7. The minimum Gasteiger partial charge on any atom is -0.494 e. The number of aryl methyl sites for hydroxylation is 1. The Labute approximate surface area is 144 Å². The van der Waals surface area contributed by atoms with Crippen molar-refractivity contribution >= 4 is 28.2 Å². The summed E-state index contributed by atoms with van der Waals surface area (Å²) in [6.45, 7) is 2.94. The summed E-state index contributed by atoms with van der Waals surface area (Å²) in [7, 11) is -3.10. The lowest BCUT2D eigenvalue weighted by Gasteiger charge is -2.12. The van der Waals surface area contributed by atoms with E-state index in [-0.39, 0.29) is 30.5 Å². The number of rotatable bonds is 9. The van der Waals surface area contributed by atoms with Gasteiger partial charge in [0.2, 0.25) is 5.91 Å². The van der Waals surface area contributed by atoms with Gasteiger partial charge in [-0.15, -0.1) is 12.4 Å². The van der Waals surface area contributed by atoms with Gasteiger partial charge in [-0.25, -0.2) is 8.42 Å². The van der Waals surface area contributed by atoms with Crippen LogP contribution in [0.1, 0.15) is 18.4 Å². The number of halogens is 1. The van der Waals surface area contributed by atoms with E-state index in [1.807, 2.05) is 31.2 Å². The number of hydrogen-bond donors (Lipinski definition) is 2. The Kier molecular flexibility index (Phi) is 9.87. The molecule has 0 spiro atoms. The molecule has 0 saturated heterocycles. The van der Waals surface area contributed by atoms with Gasteiger partial charge in [0, 0.05) is 12.8 Å². The van der Waals surface area contributed by atoms with Crippen molar-refractivity contribution in [3.63, 3.8) is 0 Å². The van der Waals surface area contributed by atoms with Crippen LogP contribution < -0.4 is 15.8 Å². The second kappa shape index (κ2) is 10.5. The second-order valence-corrected chi connectivity index (χ2v) is 7.59. The van der Waals surface area contributed by atoms with Crippen molar-refractivity contribution in [1.29, 1.82) is 0 Å². The number of carbonyl (C=O) groups is 1. The predicted molar refractivity (Wildman–Crippen MR) is 93.9 cm³/mol. The highest BCUT2D eigenvalue weighted by atomic mass is 35.5. The van der Waals surface area contributed by atoms with Gasteiger partial charge in [-0.1, -0.05) is 17.7 Å². The third kappa shape index (κ3) is 10.1. The maximum Gasteiger partial charge on any atom is 0.236 e. The third-order valence-corrected chi connectivity index (χ3v) is 4.02. The third-order valence-electron chi connectivity index (χ3n) is 3.05. The molecule has 0 bridgehead atoms. The van der Waals surface area contributed by atoms with Crippen LogP contribution in [-0.2, 0) is 14.6 Å². The zero-order chi connectivity index (χ0) is 16.6. The number of benzene rings is 1. The molecule has 0 aromatic heterocycles. The first-order chi connectivity index (χ1) is 10.3. The van der Waals surface area contributed by atoms with Crippen LogP contribution in [-0.4, -0.2) is 45.5 Å². The molecule has 1 rings (SSSR count). The molecular weight excluding hydrogens is 340 g/mol. The van der Waals surface area contributed by atoms with E-state index in [9.17, 15) is 13.2 Å². The molecule has 132 valence electrons. The second-order valence-electron chi connectivity index (χ2n) is 5.33. The van der Waals surface area contributed by atoms with Crippen molar-refractivity contribution in [1.82, 2.24) is 5.32 Å². The van der Waals surface area contributed by atoms with Crippen LogP contribution in [0.15, 0.2) is 24.3 Å². The van der Waals surface area contributed by atoms with Crippen molar-refractivity contribution in [2.24, 2.45) is 5.73 Å². The Balaban J connectivity index is 0.00000484. The van der Waals surface area contributed by atoms with Crippen LogP contribution in [0.25, 0.3) is 0 Å². The van der Waals surface area contributed by atoms with Gasteiger partial charge >= 0.3 is 0 Å². The van der Waals surface area contributed by atoms with Crippen LogP contribution in [0.2, 0.25) is 0 Å². The molecule has 0 saturated carbocycles. The highest BCUT2D eigenvalue weighted by molar-refractivity contribution is 7.90. The van der Waals surface area contributed by atoms with E-state index in [4.69, 9.17) is 10.5 Å². The molecule has 23 heavy (non-hydrogen) atoms. The number of nitrogens with one attached hydrogen (secondary N) is 1. The van der Waals surface area contributed by atoms with E-state index in [0.29, 0.717) is 19.6 Å². The summed E-state index contributed by atoms with van der Waals surface area (Å²) < 4.78 is 27.6. The van der Waals surface area contributed by atoms with E-state index in [1.165, 1.54) is 5.56 Å². The Morgan fingerprint density at radius 2 is 1.91 bits per heavy atom. The van der Waals surface area contributed by atoms with Crippen molar-refractivity contribution in [2.75, 3.05) is 25.2 Å². The van der Waals surface area contributed by atoms with E-state index in [2.05, 4.69) is 5.32 Å². The van der Waals surface area contributed by atoms with Crippen molar-refractivity contribution < 1.29 is 17.9 Å². The number of hydrogen-bond acceptors (Lipinski definition) is 5. The lowest BCUT2D eigenvalue weighted by molar-refractivity contribution is -0.122. The fraction of sp³-hybridized carbons (Fsp3) is 0.533. The normalized spacial score (nSPS) is 12.1. The van der Waals surface area contributed by atoms with E-state index in [0.717, 1.165) is 12.0 Å². The Hall–Kier alpha value is -1.31. The first-order valence-electron chi connectivity index (χ1n) is 7.18. The first-order valence-corrected chi connectivity index (χ1v) is 9.24. The number of ether oxygens (including phenoxy) is 1. The quantitative estimate of drug-likeness (QED) is 0.638. The van der Waals surface area contributed by atoms with Gasteiger partial charge in [0.15, 0.2) is 0 Å². The summed E-state index contributed by atoms with van der Waals surface area (Å²) in [5, 5.41) is 2.68. The largest absolute Gasteiger partial charge is 0.494 e. The van der Waals surface area contributed by atoms with E-state index >= 15 is 0 Å². The Morgan fingerprint density at radius 1 is 1.30 bits per heavy atom. The number of carbonyl (C=O) groups excluding carboxylic acids is 1. The SMILES string of the molecule is Cc1ccc(OCCCNC(=O)C(N)CCS(C)(=O)=O)cc1.Cl. The molecular formula is C15H25ClN2O4S. The van der Waals surface area contributed by atoms with Gasteiger partial charge in [0.05, 0.1) is 18.4 Å². The predicted octanol–water partition coefficient (Wildman–Crippen LogP) is 1.06. The molecule has 0 radical (unpaired) electrons. The molecule has 1 aromatic carbocycles. The van der Waals surface area contributed by atoms with E-state index < -0.39 is 15.9 Å². The van der Waals surface area contributed by atoms with Gasteiger partial charge in [0.1, 0.15) is 15.6 Å². The number of nitrogens with two attached hydrogens (primary N) is 1. The fourth-order valence-electron chi connectivity index (χ4n) is 1.71. The smallest absolute Gasteiger partial charge is 0.236 e. The highest BCUT2D eigenvalue weighted by Gasteiger charge is 2.15. The minimum atomic E-state index is -3.10. The maximum absolute atomic E-state index is 11.7. The van der Waals surface area contributed by atoms with Crippen molar-refractivity contribution in [2.45, 2.75) is 25.8 Å². The summed E-state index contributed by atoms with van der Waals surface area (Å²) in [6, 6.07) is 6.94. The van der Waals surface area contributed by atoms with Gasteiger partial charge in [0.25, 0.3) is 0 Å².